The second kappa shape index (κ2) is 6.00. The van der Waals surface area contributed by atoms with E-state index in [1.165, 1.54) is 23.8 Å². The summed E-state index contributed by atoms with van der Waals surface area (Å²) in [7, 11) is 0. The van der Waals surface area contributed by atoms with Crippen molar-refractivity contribution in [3.05, 3.63) is 72.9 Å². The summed E-state index contributed by atoms with van der Waals surface area (Å²) in [5, 5.41) is 0. The maximum absolute atomic E-state index is 2.35. The van der Waals surface area contributed by atoms with Crippen molar-refractivity contribution in [3.8, 4) is 0 Å². The van der Waals surface area contributed by atoms with Crippen LogP contribution in [0.5, 0.6) is 0 Å². The molecule has 0 radical (unpaired) electrons. The Morgan fingerprint density at radius 2 is 1.35 bits per heavy atom. The van der Waals surface area contributed by atoms with Crippen LogP contribution in [0.2, 0.25) is 0 Å². The highest BCUT2D eigenvalue weighted by Gasteiger charge is 2.04. The first kappa shape index (κ1) is 13.1. The molecule has 2 aromatic rings. The highest BCUT2D eigenvalue weighted by atomic mass is 127. The lowest BCUT2D eigenvalue weighted by atomic mass is 9.98. The molecule has 0 heterocycles. The summed E-state index contributed by atoms with van der Waals surface area (Å²) in [4.78, 5) is 0. The zero-order chi connectivity index (χ0) is 12.3. The van der Waals surface area contributed by atoms with Crippen LogP contribution >= 0.6 is 45.2 Å². The predicted molar refractivity (Wildman–Crippen MR) is 91.1 cm³/mol. The first-order chi connectivity index (χ1) is 8.20. The molecule has 0 amide bonds. The molecule has 0 saturated heterocycles. The number of allylic oxidation sites excluding steroid dienone is 1. The van der Waals surface area contributed by atoms with Gasteiger partial charge in [-0.2, -0.15) is 0 Å². The Kier molecular flexibility index (Phi) is 4.62. The van der Waals surface area contributed by atoms with E-state index < -0.39 is 0 Å². The summed E-state index contributed by atoms with van der Waals surface area (Å²) >= 11 is 4.70. The normalized spacial score (nSPS) is 10.1. The SMILES string of the molecule is CC=C(c1cccc(I)c1)c1cccc(I)c1. The Morgan fingerprint density at radius 3 is 1.71 bits per heavy atom. The van der Waals surface area contributed by atoms with Gasteiger partial charge in [-0.25, -0.2) is 0 Å². The molecule has 0 unspecified atom stereocenters. The van der Waals surface area contributed by atoms with Crippen LogP contribution in [-0.2, 0) is 0 Å². The molecule has 2 heteroatoms. The maximum atomic E-state index is 2.35. The lowest BCUT2D eigenvalue weighted by molar-refractivity contribution is 1.50. The second-order valence-corrected chi connectivity index (χ2v) is 6.21. The van der Waals surface area contributed by atoms with Gasteiger partial charge < -0.3 is 0 Å². The van der Waals surface area contributed by atoms with E-state index in [0.717, 1.165) is 0 Å². The van der Waals surface area contributed by atoms with Crippen LogP contribution in [0, 0.1) is 7.14 Å². The van der Waals surface area contributed by atoms with Crippen LogP contribution < -0.4 is 0 Å². The molecule has 0 aliphatic carbocycles. The van der Waals surface area contributed by atoms with Crippen molar-refractivity contribution < 1.29 is 0 Å². The summed E-state index contributed by atoms with van der Waals surface area (Å²) < 4.78 is 2.54. The number of hydrogen-bond acceptors (Lipinski definition) is 0. The van der Waals surface area contributed by atoms with Gasteiger partial charge >= 0.3 is 0 Å². The highest BCUT2D eigenvalue weighted by Crippen LogP contribution is 2.25. The van der Waals surface area contributed by atoms with E-state index in [0.29, 0.717) is 0 Å². The van der Waals surface area contributed by atoms with Crippen LogP contribution in [0.25, 0.3) is 5.57 Å². The molecule has 0 aliphatic rings. The number of hydrogen-bond donors (Lipinski definition) is 0. The van der Waals surface area contributed by atoms with E-state index in [-0.39, 0.29) is 0 Å². The summed E-state index contributed by atoms with van der Waals surface area (Å²) in [5.74, 6) is 0. The lowest BCUT2D eigenvalue weighted by Gasteiger charge is -2.08. The van der Waals surface area contributed by atoms with Crippen LogP contribution in [0.4, 0.5) is 0 Å². The Bertz CT molecular complexity index is 509. The zero-order valence-corrected chi connectivity index (χ0v) is 13.8. The van der Waals surface area contributed by atoms with Gasteiger partial charge in [-0.05, 0) is 93.1 Å². The van der Waals surface area contributed by atoms with Crippen molar-refractivity contribution in [2.75, 3.05) is 0 Å². The van der Waals surface area contributed by atoms with Crippen LogP contribution in [0.3, 0.4) is 0 Å². The topological polar surface area (TPSA) is 0 Å². The van der Waals surface area contributed by atoms with Crippen LogP contribution in [0.1, 0.15) is 18.1 Å². The molecule has 0 nitrogen and oxygen atoms in total. The van der Waals surface area contributed by atoms with Gasteiger partial charge in [0.25, 0.3) is 0 Å². The van der Waals surface area contributed by atoms with Crippen LogP contribution in [0.15, 0.2) is 54.6 Å². The van der Waals surface area contributed by atoms with Gasteiger partial charge in [-0.3, -0.25) is 0 Å². The fraction of sp³-hybridized carbons (Fsp3) is 0.0667. The lowest BCUT2D eigenvalue weighted by Crippen LogP contribution is -1.89. The average Bonchev–Trinajstić information content (AvgIpc) is 2.30. The third kappa shape index (κ3) is 3.31. The Labute approximate surface area is 129 Å². The van der Waals surface area contributed by atoms with Gasteiger partial charge in [0.15, 0.2) is 0 Å². The smallest absolute Gasteiger partial charge is 0.0136 e. The first-order valence-corrected chi connectivity index (χ1v) is 7.54. The molecule has 0 atom stereocenters. The maximum Gasteiger partial charge on any atom is 0.0136 e. The van der Waals surface area contributed by atoms with Crippen molar-refractivity contribution in [2.45, 2.75) is 6.92 Å². The summed E-state index contributed by atoms with van der Waals surface area (Å²) in [6.07, 6.45) is 2.18. The van der Waals surface area contributed by atoms with Crippen molar-refractivity contribution in [1.82, 2.24) is 0 Å². The third-order valence-corrected chi connectivity index (χ3v) is 3.90. The largest absolute Gasteiger partial charge is 0.0792 e. The molecule has 0 spiro atoms. The van der Waals surface area contributed by atoms with E-state index >= 15 is 0 Å². The van der Waals surface area contributed by atoms with Gasteiger partial charge in [-0.1, -0.05) is 30.3 Å². The molecule has 0 aliphatic heterocycles. The van der Waals surface area contributed by atoms with Crippen molar-refractivity contribution in [2.24, 2.45) is 0 Å². The molecule has 0 bridgehead atoms. The quantitative estimate of drug-likeness (QED) is 0.547. The van der Waals surface area contributed by atoms with Gasteiger partial charge in [0, 0.05) is 7.14 Å². The third-order valence-electron chi connectivity index (χ3n) is 2.56. The summed E-state index contributed by atoms with van der Waals surface area (Å²) in [6.45, 7) is 2.09. The molecular formula is C15H12I2. The highest BCUT2D eigenvalue weighted by molar-refractivity contribution is 14.1. The predicted octanol–water partition coefficient (Wildman–Crippen LogP) is 5.35. The molecule has 17 heavy (non-hydrogen) atoms. The minimum absolute atomic E-state index is 1.27. The Balaban J connectivity index is 2.48. The molecule has 0 saturated carbocycles. The summed E-state index contributed by atoms with van der Waals surface area (Å²) in [5.41, 5.74) is 3.85. The molecule has 86 valence electrons. The minimum Gasteiger partial charge on any atom is -0.0792 e. The Hall–Kier alpha value is -0.360. The van der Waals surface area contributed by atoms with Crippen molar-refractivity contribution in [3.63, 3.8) is 0 Å². The average molecular weight is 446 g/mol. The second-order valence-electron chi connectivity index (χ2n) is 3.72. The van der Waals surface area contributed by atoms with E-state index in [1.807, 2.05) is 0 Å². The zero-order valence-electron chi connectivity index (χ0n) is 9.45. The fourth-order valence-electron chi connectivity index (χ4n) is 1.81. The van der Waals surface area contributed by atoms with Gasteiger partial charge in [0.1, 0.15) is 0 Å². The van der Waals surface area contributed by atoms with Crippen LogP contribution in [-0.4, -0.2) is 0 Å². The first-order valence-electron chi connectivity index (χ1n) is 5.39. The van der Waals surface area contributed by atoms with Gasteiger partial charge in [-0.15, -0.1) is 0 Å². The Morgan fingerprint density at radius 1 is 0.882 bits per heavy atom. The monoisotopic (exact) mass is 446 g/mol. The van der Waals surface area contributed by atoms with Gasteiger partial charge in [0.2, 0.25) is 0 Å². The minimum atomic E-state index is 1.27. The van der Waals surface area contributed by atoms with Crippen molar-refractivity contribution in [1.29, 1.82) is 0 Å². The fourth-order valence-corrected chi connectivity index (χ4v) is 2.90. The molecule has 0 N–H and O–H groups in total. The van der Waals surface area contributed by atoms with Gasteiger partial charge in [0.05, 0.1) is 0 Å². The molecule has 0 fully saturated rings. The molecule has 0 aromatic heterocycles. The molecule has 2 aromatic carbocycles. The molecule has 2 rings (SSSR count). The molecular weight excluding hydrogens is 434 g/mol. The van der Waals surface area contributed by atoms with E-state index in [2.05, 4.69) is 107 Å². The number of benzene rings is 2. The van der Waals surface area contributed by atoms with E-state index in [4.69, 9.17) is 0 Å². The standard InChI is InChI=1S/C15H12I2/c1-2-15(11-5-3-7-13(16)9-11)12-6-4-8-14(17)10-12/h2-10H,1H3. The summed E-state index contributed by atoms with van der Waals surface area (Å²) in [6, 6.07) is 17.2. The van der Waals surface area contributed by atoms with Crippen molar-refractivity contribution >= 4 is 50.8 Å². The van der Waals surface area contributed by atoms with E-state index in [9.17, 15) is 0 Å². The number of halogens is 2. The van der Waals surface area contributed by atoms with E-state index in [1.54, 1.807) is 0 Å². The number of rotatable bonds is 2.